The van der Waals surface area contributed by atoms with E-state index in [0.717, 1.165) is 6.42 Å². The number of rotatable bonds is 10. The summed E-state index contributed by atoms with van der Waals surface area (Å²) in [6, 6.07) is 13.8. The summed E-state index contributed by atoms with van der Waals surface area (Å²) < 4.78 is 10.8. The zero-order chi connectivity index (χ0) is 19.5. The first-order valence-corrected chi connectivity index (χ1v) is 9.14. The average molecular weight is 370 g/mol. The summed E-state index contributed by atoms with van der Waals surface area (Å²) in [6.07, 6.45) is 0.883. The van der Waals surface area contributed by atoms with E-state index in [2.05, 4.69) is 10.6 Å². The predicted octanol–water partition coefficient (Wildman–Crippen LogP) is 3.49. The maximum atomic E-state index is 12.4. The second kappa shape index (κ2) is 11.0. The number of ether oxygens (including phenoxy) is 2. The lowest BCUT2D eigenvalue weighted by Gasteiger charge is -2.09. The molecule has 6 nitrogen and oxygen atoms in total. The summed E-state index contributed by atoms with van der Waals surface area (Å²) in [5.41, 5.74) is 1.68. The Morgan fingerprint density at radius 1 is 0.926 bits per heavy atom. The maximum Gasteiger partial charge on any atom is 0.255 e. The fourth-order valence-corrected chi connectivity index (χ4v) is 2.34. The van der Waals surface area contributed by atoms with Gasteiger partial charge in [-0.3, -0.25) is 9.59 Å². The molecule has 6 heteroatoms. The topological polar surface area (TPSA) is 76.7 Å². The van der Waals surface area contributed by atoms with Crippen LogP contribution in [0, 0.1) is 0 Å². The van der Waals surface area contributed by atoms with Crippen molar-refractivity contribution < 1.29 is 19.1 Å². The number of nitrogens with one attached hydrogen (secondary N) is 2. The minimum absolute atomic E-state index is 0.119. The van der Waals surface area contributed by atoms with Gasteiger partial charge >= 0.3 is 0 Å². The molecule has 0 heterocycles. The van der Waals surface area contributed by atoms with Crippen LogP contribution in [0.5, 0.6) is 5.75 Å². The molecule has 0 saturated carbocycles. The van der Waals surface area contributed by atoms with Crippen molar-refractivity contribution in [1.29, 1.82) is 0 Å². The zero-order valence-electron chi connectivity index (χ0n) is 15.8. The standard InChI is InChI=1S/C21H26N2O4/c1-3-12-22-20(24)16-8-10-18(11-9-16)23-21(25)17-6-5-7-19(15-17)27-14-13-26-4-2/h5-11,15H,3-4,12-14H2,1-2H3,(H,22,24)(H,23,25). The Bertz CT molecular complexity index is 744. The molecule has 0 bridgehead atoms. The highest BCUT2D eigenvalue weighted by Gasteiger charge is 2.09. The molecule has 0 atom stereocenters. The van der Waals surface area contributed by atoms with Gasteiger partial charge < -0.3 is 20.1 Å². The van der Waals surface area contributed by atoms with Crippen molar-refractivity contribution in [3.8, 4) is 5.75 Å². The van der Waals surface area contributed by atoms with Crippen LogP contribution in [0.2, 0.25) is 0 Å². The summed E-state index contributed by atoms with van der Waals surface area (Å²) in [5.74, 6) is 0.255. The summed E-state index contributed by atoms with van der Waals surface area (Å²) in [7, 11) is 0. The smallest absolute Gasteiger partial charge is 0.255 e. The van der Waals surface area contributed by atoms with Crippen molar-refractivity contribution in [2.75, 3.05) is 31.7 Å². The van der Waals surface area contributed by atoms with Crippen LogP contribution in [0.25, 0.3) is 0 Å². The van der Waals surface area contributed by atoms with Crippen molar-refractivity contribution in [2.45, 2.75) is 20.3 Å². The average Bonchev–Trinajstić information content (AvgIpc) is 2.70. The third kappa shape index (κ3) is 6.75. The Morgan fingerprint density at radius 2 is 1.70 bits per heavy atom. The number of amides is 2. The van der Waals surface area contributed by atoms with Gasteiger partial charge in [0.1, 0.15) is 12.4 Å². The molecule has 0 aromatic heterocycles. The molecule has 0 aliphatic rings. The minimum atomic E-state index is -0.242. The van der Waals surface area contributed by atoms with E-state index in [1.54, 1.807) is 48.5 Å². The SMILES string of the molecule is CCCNC(=O)c1ccc(NC(=O)c2cccc(OCCOCC)c2)cc1. The van der Waals surface area contributed by atoms with Crippen molar-refractivity contribution in [1.82, 2.24) is 5.32 Å². The molecule has 2 aromatic rings. The van der Waals surface area contributed by atoms with E-state index in [1.165, 1.54) is 0 Å². The molecule has 0 aliphatic heterocycles. The van der Waals surface area contributed by atoms with Gasteiger partial charge in [0.05, 0.1) is 6.61 Å². The van der Waals surface area contributed by atoms with E-state index in [4.69, 9.17) is 9.47 Å². The molecular weight excluding hydrogens is 344 g/mol. The Hall–Kier alpha value is -2.86. The van der Waals surface area contributed by atoms with Crippen LogP contribution >= 0.6 is 0 Å². The van der Waals surface area contributed by atoms with Crippen LogP contribution in [0.3, 0.4) is 0 Å². The van der Waals surface area contributed by atoms with Gasteiger partial charge in [0, 0.05) is 30.0 Å². The summed E-state index contributed by atoms with van der Waals surface area (Å²) in [4.78, 5) is 24.3. The van der Waals surface area contributed by atoms with Gasteiger partial charge in [-0.2, -0.15) is 0 Å². The van der Waals surface area contributed by atoms with Crippen molar-refractivity contribution in [2.24, 2.45) is 0 Å². The molecule has 2 N–H and O–H groups in total. The van der Waals surface area contributed by atoms with Gasteiger partial charge in [-0.1, -0.05) is 13.0 Å². The van der Waals surface area contributed by atoms with E-state index in [1.807, 2.05) is 13.8 Å². The zero-order valence-corrected chi connectivity index (χ0v) is 15.8. The monoisotopic (exact) mass is 370 g/mol. The molecule has 144 valence electrons. The Kier molecular flexibility index (Phi) is 8.32. The Morgan fingerprint density at radius 3 is 2.41 bits per heavy atom. The van der Waals surface area contributed by atoms with Gasteiger partial charge in [0.15, 0.2) is 0 Å². The largest absolute Gasteiger partial charge is 0.491 e. The first-order chi connectivity index (χ1) is 13.1. The van der Waals surface area contributed by atoms with Gasteiger partial charge in [-0.05, 0) is 55.8 Å². The molecular formula is C21H26N2O4. The van der Waals surface area contributed by atoms with E-state index < -0.39 is 0 Å². The highest BCUT2D eigenvalue weighted by molar-refractivity contribution is 6.04. The van der Waals surface area contributed by atoms with Gasteiger partial charge in [-0.15, -0.1) is 0 Å². The molecule has 0 saturated heterocycles. The fourth-order valence-electron chi connectivity index (χ4n) is 2.34. The van der Waals surface area contributed by atoms with Gasteiger partial charge in [0.25, 0.3) is 11.8 Å². The Labute approximate surface area is 159 Å². The molecule has 0 unspecified atom stereocenters. The van der Waals surface area contributed by atoms with E-state index in [-0.39, 0.29) is 11.8 Å². The predicted molar refractivity (Wildman–Crippen MR) is 105 cm³/mol. The lowest BCUT2D eigenvalue weighted by atomic mass is 10.1. The molecule has 2 rings (SSSR count). The second-order valence-electron chi connectivity index (χ2n) is 5.86. The summed E-state index contributed by atoms with van der Waals surface area (Å²) >= 11 is 0. The van der Waals surface area contributed by atoms with Crippen molar-refractivity contribution in [3.05, 3.63) is 59.7 Å². The molecule has 0 spiro atoms. The normalized spacial score (nSPS) is 10.3. The van der Waals surface area contributed by atoms with E-state index in [9.17, 15) is 9.59 Å². The number of carbonyl (C=O) groups excluding carboxylic acids is 2. The van der Waals surface area contributed by atoms with Crippen LogP contribution in [-0.4, -0.2) is 38.2 Å². The minimum Gasteiger partial charge on any atom is -0.491 e. The van der Waals surface area contributed by atoms with E-state index in [0.29, 0.717) is 48.9 Å². The number of benzene rings is 2. The third-order valence-corrected chi connectivity index (χ3v) is 3.74. The van der Waals surface area contributed by atoms with E-state index >= 15 is 0 Å². The fraction of sp³-hybridized carbons (Fsp3) is 0.333. The number of hydrogen-bond donors (Lipinski definition) is 2. The lowest BCUT2D eigenvalue weighted by Crippen LogP contribution is -2.23. The quantitative estimate of drug-likeness (QED) is 0.628. The summed E-state index contributed by atoms with van der Waals surface area (Å²) in [6.45, 7) is 6.14. The highest BCUT2D eigenvalue weighted by Crippen LogP contribution is 2.16. The Balaban J connectivity index is 1.93. The van der Waals surface area contributed by atoms with Crippen LogP contribution in [0.4, 0.5) is 5.69 Å². The molecule has 0 radical (unpaired) electrons. The van der Waals surface area contributed by atoms with Crippen LogP contribution in [-0.2, 0) is 4.74 Å². The van der Waals surface area contributed by atoms with Crippen molar-refractivity contribution in [3.63, 3.8) is 0 Å². The molecule has 2 aromatic carbocycles. The second-order valence-corrected chi connectivity index (χ2v) is 5.86. The molecule has 27 heavy (non-hydrogen) atoms. The molecule has 0 fully saturated rings. The van der Waals surface area contributed by atoms with Crippen molar-refractivity contribution >= 4 is 17.5 Å². The highest BCUT2D eigenvalue weighted by atomic mass is 16.5. The first-order valence-electron chi connectivity index (χ1n) is 9.14. The first kappa shape index (κ1) is 20.5. The lowest BCUT2D eigenvalue weighted by molar-refractivity contribution is 0.0953. The van der Waals surface area contributed by atoms with Crippen LogP contribution in [0.1, 0.15) is 41.0 Å². The summed E-state index contributed by atoms with van der Waals surface area (Å²) in [5, 5.41) is 5.64. The van der Waals surface area contributed by atoms with Crippen LogP contribution in [0.15, 0.2) is 48.5 Å². The van der Waals surface area contributed by atoms with Gasteiger partial charge in [0.2, 0.25) is 0 Å². The number of hydrogen-bond acceptors (Lipinski definition) is 4. The van der Waals surface area contributed by atoms with Gasteiger partial charge in [-0.25, -0.2) is 0 Å². The molecule has 0 aliphatic carbocycles. The maximum absolute atomic E-state index is 12.4. The third-order valence-electron chi connectivity index (χ3n) is 3.74. The molecule has 2 amide bonds. The number of carbonyl (C=O) groups is 2. The van der Waals surface area contributed by atoms with Crippen LogP contribution < -0.4 is 15.4 Å². The number of anilines is 1.